The number of pyridine rings is 1. The van der Waals surface area contributed by atoms with Crippen molar-refractivity contribution in [1.82, 2.24) is 19.0 Å². The average Bonchev–Trinajstić information content (AvgIpc) is 2.83. The van der Waals surface area contributed by atoms with Crippen LogP contribution in [0.1, 0.15) is 24.3 Å². The van der Waals surface area contributed by atoms with Crippen molar-refractivity contribution in [1.29, 1.82) is 0 Å². The first-order chi connectivity index (χ1) is 15.6. The topological polar surface area (TPSA) is 78.0 Å². The average molecular weight is 428 g/mol. The summed E-state index contributed by atoms with van der Waals surface area (Å²) in [6.45, 7) is 1.61. The maximum Gasteiger partial charge on any atom is 0.341 e. The predicted octanol–water partition coefficient (Wildman–Crippen LogP) is 2.31. The maximum atomic E-state index is 13.9. The van der Waals surface area contributed by atoms with Crippen LogP contribution in [0.2, 0.25) is 0 Å². The fourth-order valence-electron chi connectivity index (χ4n) is 4.63. The van der Waals surface area contributed by atoms with Crippen LogP contribution in [0.25, 0.3) is 22.4 Å². The van der Waals surface area contributed by atoms with E-state index in [0.717, 1.165) is 19.4 Å². The molecular weight excluding hydrogens is 404 g/mol. The Labute approximate surface area is 184 Å². The lowest BCUT2D eigenvalue weighted by Gasteiger charge is -2.25. The number of aryl methyl sites for hydroxylation is 1. The van der Waals surface area contributed by atoms with Gasteiger partial charge in [-0.05, 0) is 55.1 Å². The molecule has 4 aromatic rings. The van der Waals surface area contributed by atoms with Crippen molar-refractivity contribution in [2.45, 2.75) is 18.8 Å². The maximum absolute atomic E-state index is 13.9. The molecule has 7 nitrogen and oxygen atoms in total. The van der Waals surface area contributed by atoms with Crippen molar-refractivity contribution in [3.8, 4) is 11.4 Å². The number of nitrogens with one attached hydrogen (secondary N) is 1. The second-order valence-corrected chi connectivity index (χ2v) is 8.17. The molecule has 162 valence electrons. The highest BCUT2D eigenvalue weighted by atomic mass is 16.2. The summed E-state index contributed by atoms with van der Waals surface area (Å²) in [5.74, 6) is 0.0267. The highest BCUT2D eigenvalue weighted by molar-refractivity contribution is 5.81. The molecule has 3 heterocycles. The van der Waals surface area contributed by atoms with E-state index in [0.29, 0.717) is 34.5 Å². The Morgan fingerprint density at radius 2 is 1.50 bits per heavy atom. The number of para-hydroxylation sites is 2. The summed E-state index contributed by atoms with van der Waals surface area (Å²) < 4.78 is 4.09. The number of rotatable bonds is 3. The number of fused-ring (bicyclic) bond motifs is 1. The number of nitrogens with zero attached hydrogens (tertiary/aromatic N) is 3. The van der Waals surface area contributed by atoms with Gasteiger partial charge in [-0.3, -0.25) is 14.2 Å². The smallest absolute Gasteiger partial charge is 0.316 e. The number of benzene rings is 2. The van der Waals surface area contributed by atoms with Crippen LogP contribution in [0.15, 0.2) is 81.1 Å². The summed E-state index contributed by atoms with van der Waals surface area (Å²) in [6.07, 6.45) is 1.84. The molecule has 0 aliphatic carbocycles. The molecule has 2 aromatic carbocycles. The normalized spacial score (nSPS) is 16.3. The summed E-state index contributed by atoms with van der Waals surface area (Å²) in [5, 5.41) is 3.78. The van der Waals surface area contributed by atoms with Crippen LogP contribution in [0.5, 0.6) is 0 Å². The summed E-state index contributed by atoms with van der Waals surface area (Å²) >= 11 is 0. The van der Waals surface area contributed by atoms with Gasteiger partial charge in [-0.25, -0.2) is 13.9 Å². The van der Waals surface area contributed by atoms with Gasteiger partial charge in [0.2, 0.25) is 0 Å². The lowest BCUT2D eigenvalue weighted by atomic mass is 9.90. The van der Waals surface area contributed by atoms with Crippen LogP contribution in [-0.2, 0) is 7.05 Å². The molecule has 0 spiro atoms. The van der Waals surface area contributed by atoms with Crippen LogP contribution < -0.4 is 22.1 Å². The predicted molar refractivity (Wildman–Crippen MR) is 125 cm³/mol. The molecule has 1 fully saturated rings. The minimum Gasteiger partial charge on any atom is -0.316 e. The van der Waals surface area contributed by atoms with Crippen LogP contribution >= 0.6 is 0 Å². The molecule has 1 N–H and O–H groups in total. The van der Waals surface area contributed by atoms with Gasteiger partial charge in [0.15, 0.2) is 0 Å². The first kappa shape index (κ1) is 20.2. The fraction of sp³-hybridized carbons (Fsp3) is 0.240. The van der Waals surface area contributed by atoms with E-state index in [2.05, 4.69) is 5.32 Å². The van der Waals surface area contributed by atoms with E-state index in [9.17, 15) is 14.4 Å². The largest absolute Gasteiger partial charge is 0.341 e. The van der Waals surface area contributed by atoms with Crippen molar-refractivity contribution in [2.24, 2.45) is 7.05 Å². The highest BCUT2D eigenvalue weighted by Gasteiger charge is 2.25. The van der Waals surface area contributed by atoms with Crippen LogP contribution in [0.3, 0.4) is 0 Å². The lowest BCUT2D eigenvalue weighted by molar-refractivity contribution is 0.462. The Morgan fingerprint density at radius 1 is 0.875 bits per heavy atom. The molecule has 0 saturated carbocycles. The summed E-state index contributed by atoms with van der Waals surface area (Å²) in [4.78, 5) is 40.6. The van der Waals surface area contributed by atoms with Crippen molar-refractivity contribution in [3.63, 3.8) is 0 Å². The Kier molecular flexibility index (Phi) is 5.11. The SMILES string of the molecule is Cn1c(=O)cc(C2CCCNC2)c2c(=O)n(-c3ccccc3)c(=O)n(-c3ccccc3)c21. The number of aromatic nitrogens is 3. The standard InChI is InChI=1S/C25H24N4O3/c1-27-21(30)15-20(17-9-8-14-26-16-17)22-23(27)28(18-10-4-2-5-11-18)25(32)29(24(22)31)19-12-6-3-7-13-19/h2-7,10-13,15,17,26H,8-9,14,16H2,1H3. The molecule has 1 atom stereocenters. The molecule has 1 saturated heterocycles. The van der Waals surface area contributed by atoms with Crippen LogP contribution in [0, 0.1) is 0 Å². The molecule has 1 aliphatic rings. The molecule has 5 rings (SSSR count). The zero-order valence-electron chi connectivity index (χ0n) is 17.8. The monoisotopic (exact) mass is 428 g/mol. The van der Waals surface area contributed by atoms with E-state index >= 15 is 0 Å². The first-order valence-electron chi connectivity index (χ1n) is 10.8. The zero-order chi connectivity index (χ0) is 22.2. The second-order valence-electron chi connectivity index (χ2n) is 8.17. The summed E-state index contributed by atoms with van der Waals surface area (Å²) in [5.41, 5.74) is 0.977. The molecular formula is C25H24N4O3. The Bertz CT molecular complexity index is 1460. The van der Waals surface area contributed by atoms with Gasteiger partial charge in [0.05, 0.1) is 16.8 Å². The first-order valence-corrected chi connectivity index (χ1v) is 10.8. The minimum atomic E-state index is -0.506. The fourth-order valence-corrected chi connectivity index (χ4v) is 4.63. The van der Waals surface area contributed by atoms with Gasteiger partial charge in [-0.15, -0.1) is 0 Å². The van der Waals surface area contributed by atoms with Crippen molar-refractivity contribution in [2.75, 3.05) is 13.1 Å². The molecule has 32 heavy (non-hydrogen) atoms. The second kappa shape index (κ2) is 8.09. The van der Waals surface area contributed by atoms with E-state index in [1.165, 1.54) is 13.7 Å². The number of hydrogen-bond acceptors (Lipinski definition) is 4. The van der Waals surface area contributed by atoms with Gasteiger partial charge >= 0.3 is 5.69 Å². The van der Waals surface area contributed by atoms with Gasteiger partial charge in [-0.1, -0.05) is 36.4 Å². The van der Waals surface area contributed by atoms with Crippen molar-refractivity contribution < 1.29 is 0 Å². The van der Waals surface area contributed by atoms with E-state index in [-0.39, 0.29) is 11.5 Å². The van der Waals surface area contributed by atoms with Gasteiger partial charge in [-0.2, -0.15) is 0 Å². The van der Waals surface area contributed by atoms with Gasteiger partial charge < -0.3 is 5.32 Å². The third-order valence-corrected chi connectivity index (χ3v) is 6.22. The number of piperidine rings is 1. The molecule has 2 aromatic heterocycles. The summed E-state index contributed by atoms with van der Waals surface area (Å²) in [6, 6.07) is 19.6. The quantitative estimate of drug-likeness (QED) is 0.543. The molecule has 1 unspecified atom stereocenters. The van der Waals surface area contributed by atoms with E-state index in [4.69, 9.17) is 0 Å². The van der Waals surface area contributed by atoms with Gasteiger partial charge in [0, 0.05) is 19.7 Å². The zero-order valence-corrected chi connectivity index (χ0v) is 17.8. The van der Waals surface area contributed by atoms with Crippen LogP contribution in [-0.4, -0.2) is 26.8 Å². The lowest BCUT2D eigenvalue weighted by Crippen LogP contribution is -2.41. The number of hydrogen-bond donors (Lipinski definition) is 1. The third-order valence-electron chi connectivity index (χ3n) is 6.22. The molecule has 7 heteroatoms. The Hall–Kier alpha value is -3.71. The van der Waals surface area contributed by atoms with E-state index < -0.39 is 11.2 Å². The Balaban J connectivity index is 2.00. The summed E-state index contributed by atoms with van der Waals surface area (Å²) in [7, 11) is 1.61. The van der Waals surface area contributed by atoms with Crippen LogP contribution in [0.4, 0.5) is 0 Å². The molecule has 0 radical (unpaired) electrons. The highest BCUT2D eigenvalue weighted by Crippen LogP contribution is 2.27. The third kappa shape index (κ3) is 3.22. The molecule has 1 aliphatic heterocycles. The minimum absolute atomic E-state index is 0.0267. The van der Waals surface area contributed by atoms with E-state index in [1.54, 1.807) is 49.5 Å². The Morgan fingerprint density at radius 3 is 2.09 bits per heavy atom. The van der Waals surface area contributed by atoms with Crippen molar-refractivity contribution in [3.05, 3.63) is 103 Å². The molecule has 0 amide bonds. The molecule has 0 bridgehead atoms. The van der Waals surface area contributed by atoms with Gasteiger partial charge in [0.25, 0.3) is 11.1 Å². The van der Waals surface area contributed by atoms with Crippen molar-refractivity contribution >= 4 is 11.0 Å². The van der Waals surface area contributed by atoms with E-state index in [1.807, 2.05) is 24.3 Å². The van der Waals surface area contributed by atoms with Gasteiger partial charge in [0.1, 0.15) is 5.65 Å².